The summed E-state index contributed by atoms with van der Waals surface area (Å²) in [5, 5.41) is 11.2. The van der Waals surface area contributed by atoms with E-state index in [1.807, 2.05) is 0 Å². The first-order chi connectivity index (χ1) is 9.88. The van der Waals surface area contributed by atoms with Crippen LogP contribution in [-0.2, 0) is 0 Å². The standard InChI is InChI=1S/C14H8BrClFNO3/c15-8-4-7(14(20)21)5-9(6-8)18-13(19)10-2-1-3-11(17)12(10)16/h1-6H,(H,18,19)(H,20,21). The molecule has 0 unspecified atom stereocenters. The van der Waals surface area contributed by atoms with Crippen LogP contribution in [0.3, 0.4) is 0 Å². The first kappa shape index (κ1) is 15.5. The quantitative estimate of drug-likeness (QED) is 0.849. The van der Waals surface area contributed by atoms with Crippen molar-refractivity contribution < 1.29 is 19.1 Å². The van der Waals surface area contributed by atoms with Crippen LogP contribution in [0.1, 0.15) is 20.7 Å². The van der Waals surface area contributed by atoms with Crippen LogP contribution in [0.2, 0.25) is 5.02 Å². The van der Waals surface area contributed by atoms with E-state index < -0.39 is 17.7 Å². The van der Waals surface area contributed by atoms with E-state index in [1.165, 1.54) is 30.3 Å². The maximum absolute atomic E-state index is 13.3. The second-order valence-corrected chi connectivity index (χ2v) is 5.38. The molecule has 0 fully saturated rings. The Labute approximate surface area is 132 Å². The molecule has 2 rings (SSSR count). The molecule has 0 saturated heterocycles. The lowest BCUT2D eigenvalue weighted by Gasteiger charge is -2.08. The van der Waals surface area contributed by atoms with E-state index in [2.05, 4.69) is 21.2 Å². The molecule has 0 aliphatic rings. The van der Waals surface area contributed by atoms with Gasteiger partial charge in [-0.3, -0.25) is 4.79 Å². The van der Waals surface area contributed by atoms with Gasteiger partial charge in [-0.05, 0) is 30.3 Å². The smallest absolute Gasteiger partial charge is 0.335 e. The summed E-state index contributed by atoms with van der Waals surface area (Å²) in [5.41, 5.74) is 0.227. The first-order valence-electron chi connectivity index (χ1n) is 5.67. The summed E-state index contributed by atoms with van der Waals surface area (Å²) in [6.45, 7) is 0. The lowest BCUT2D eigenvalue weighted by Crippen LogP contribution is -2.13. The van der Waals surface area contributed by atoms with Gasteiger partial charge in [0.1, 0.15) is 5.82 Å². The topological polar surface area (TPSA) is 66.4 Å². The third-order valence-electron chi connectivity index (χ3n) is 2.60. The SMILES string of the molecule is O=C(O)c1cc(Br)cc(NC(=O)c2cccc(F)c2Cl)c1. The summed E-state index contributed by atoms with van der Waals surface area (Å²) in [6, 6.07) is 8.08. The number of amides is 1. The zero-order chi connectivity index (χ0) is 15.6. The highest BCUT2D eigenvalue weighted by Crippen LogP contribution is 2.23. The van der Waals surface area contributed by atoms with Gasteiger partial charge in [-0.25, -0.2) is 9.18 Å². The fourth-order valence-corrected chi connectivity index (χ4v) is 2.37. The number of carbonyl (C=O) groups is 2. The van der Waals surface area contributed by atoms with Crippen molar-refractivity contribution in [3.05, 3.63) is 62.8 Å². The van der Waals surface area contributed by atoms with Crippen LogP contribution in [0.4, 0.5) is 10.1 Å². The van der Waals surface area contributed by atoms with Crippen LogP contribution >= 0.6 is 27.5 Å². The zero-order valence-electron chi connectivity index (χ0n) is 10.4. The molecule has 0 aliphatic heterocycles. The maximum atomic E-state index is 13.3. The normalized spacial score (nSPS) is 10.2. The number of aromatic carboxylic acids is 1. The van der Waals surface area contributed by atoms with Crippen molar-refractivity contribution in [1.29, 1.82) is 0 Å². The van der Waals surface area contributed by atoms with Gasteiger partial charge in [0, 0.05) is 10.2 Å². The molecule has 1 amide bonds. The predicted octanol–water partition coefficient (Wildman–Crippen LogP) is 4.19. The average Bonchev–Trinajstić information content (AvgIpc) is 2.41. The van der Waals surface area contributed by atoms with Crippen LogP contribution in [0.5, 0.6) is 0 Å². The highest BCUT2D eigenvalue weighted by Gasteiger charge is 2.14. The molecule has 2 N–H and O–H groups in total. The maximum Gasteiger partial charge on any atom is 0.335 e. The van der Waals surface area contributed by atoms with Crippen molar-refractivity contribution in [1.82, 2.24) is 0 Å². The van der Waals surface area contributed by atoms with Gasteiger partial charge in [-0.15, -0.1) is 0 Å². The molecule has 108 valence electrons. The van der Waals surface area contributed by atoms with Crippen LogP contribution in [0.25, 0.3) is 0 Å². The van der Waals surface area contributed by atoms with E-state index in [4.69, 9.17) is 16.7 Å². The molecule has 21 heavy (non-hydrogen) atoms. The number of hydrogen-bond acceptors (Lipinski definition) is 2. The molecule has 0 radical (unpaired) electrons. The van der Waals surface area contributed by atoms with Crippen LogP contribution in [-0.4, -0.2) is 17.0 Å². The van der Waals surface area contributed by atoms with Crippen LogP contribution in [0.15, 0.2) is 40.9 Å². The summed E-state index contributed by atoms with van der Waals surface area (Å²) in [5.74, 6) is -2.46. The molecule has 0 atom stereocenters. The Morgan fingerprint density at radius 2 is 1.95 bits per heavy atom. The molecule has 0 spiro atoms. The van der Waals surface area contributed by atoms with Crippen molar-refractivity contribution in [2.24, 2.45) is 0 Å². The molecule has 0 saturated carbocycles. The molecule has 4 nitrogen and oxygen atoms in total. The molecule has 0 aromatic heterocycles. The van der Waals surface area contributed by atoms with Gasteiger partial charge in [-0.2, -0.15) is 0 Å². The Hall–Kier alpha value is -1.92. The van der Waals surface area contributed by atoms with Gasteiger partial charge < -0.3 is 10.4 Å². The fraction of sp³-hybridized carbons (Fsp3) is 0. The van der Waals surface area contributed by atoms with Gasteiger partial charge >= 0.3 is 5.97 Å². The van der Waals surface area contributed by atoms with Gasteiger partial charge in [-0.1, -0.05) is 33.6 Å². The molecular formula is C14H8BrClFNO3. The summed E-state index contributed by atoms with van der Waals surface area (Å²) in [6.07, 6.45) is 0. The van der Waals surface area contributed by atoms with Crippen molar-refractivity contribution >= 4 is 45.1 Å². The Kier molecular flexibility index (Phi) is 4.59. The van der Waals surface area contributed by atoms with Gasteiger partial charge in [0.2, 0.25) is 0 Å². The van der Waals surface area contributed by atoms with E-state index >= 15 is 0 Å². The Morgan fingerprint density at radius 1 is 1.24 bits per heavy atom. The lowest BCUT2D eigenvalue weighted by molar-refractivity contribution is 0.0696. The van der Waals surface area contributed by atoms with E-state index in [1.54, 1.807) is 0 Å². The van der Waals surface area contributed by atoms with E-state index in [0.29, 0.717) is 4.47 Å². The van der Waals surface area contributed by atoms with Crippen molar-refractivity contribution in [3.8, 4) is 0 Å². The first-order valence-corrected chi connectivity index (χ1v) is 6.85. The largest absolute Gasteiger partial charge is 0.478 e. The third kappa shape index (κ3) is 3.59. The number of anilines is 1. The van der Waals surface area contributed by atoms with E-state index in [-0.39, 0.29) is 21.8 Å². The van der Waals surface area contributed by atoms with Crippen LogP contribution < -0.4 is 5.32 Å². The highest BCUT2D eigenvalue weighted by atomic mass is 79.9. The number of nitrogens with one attached hydrogen (secondary N) is 1. The minimum atomic E-state index is -1.13. The zero-order valence-corrected chi connectivity index (χ0v) is 12.7. The van der Waals surface area contributed by atoms with Crippen molar-refractivity contribution in [3.63, 3.8) is 0 Å². The second kappa shape index (κ2) is 6.24. The number of carboxylic acids is 1. The molecular weight excluding hydrogens is 365 g/mol. The minimum Gasteiger partial charge on any atom is -0.478 e. The number of hydrogen-bond donors (Lipinski definition) is 2. The summed E-state index contributed by atoms with van der Waals surface area (Å²) >= 11 is 8.88. The summed E-state index contributed by atoms with van der Waals surface area (Å²) < 4.78 is 13.8. The molecule has 0 heterocycles. The predicted molar refractivity (Wildman–Crippen MR) is 80.5 cm³/mol. The van der Waals surface area contributed by atoms with Gasteiger partial charge in [0.05, 0.1) is 16.1 Å². The molecule has 0 bridgehead atoms. The third-order valence-corrected chi connectivity index (χ3v) is 3.44. The van der Waals surface area contributed by atoms with Crippen LogP contribution in [0, 0.1) is 5.82 Å². The van der Waals surface area contributed by atoms with Crippen molar-refractivity contribution in [2.75, 3.05) is 5.32 Å². The minimum absolute atomic E-state index is 0.00464. The fourth-order valence-electron chi connectivity index (χ4n) is 1.66. The monoisotopic (exact) mass is 371 g/mol. The number of halogens is 3. The van der Waals surface area contributed by atoms with E-state index in [0.717, 1.165) is 6.07 Å². The summed E-state index contributed by atoms with van der Waals surface area (Å²) in [7, 11) is 0. The Bertz CT molecular complexity index is 736. The molecule has 0 aliphatic carbocycles. The van der Waals surface area contributed by atoms with Gasteiger partial charge in [0.25, 0.3) is 5.91 Å². The number of carbonyl (C=O) groups excluding carboxylic acids is 1. The molecule has 7 heteroatoms. The Balaban J connectivity index is 2.31. The average molecular weight is 373 g/mol. The highest BCUT2D eigenvalue weighted by molar-refractivity contribution is 9.10. The Morgan fingerprint density at radius 3 is 2.62 bits per heavy atom. The lowest BCUT2D eigenvalue weighted by atomic mass is 10.1. The van der Waals surface area contributed by atoms with Gasteiger partial charge in [0.15, 0.2) is 0 Å². The second-order valence-electron chi connectivity index (χ2n) is 4.09. The molecule has 2 aromatic carbocycles. The number of rotatable bonds is 3. The van der Waals surface area contributed by atoms with E-state index in [9.17, 15) is 14.0 Å². The number of carboxylic acid groups (broad SMARTS) is 1. The molecule has 2 aromatic rings. The van der Waals surface area contributed by atoms with Crippen molar-refractivity contribution in [2.45, 2.75) is 0 Å². The number of benzene rings is 2. The summed E-state index contributed by atoms with van der Waals surface area (Å²) in [4.78, 5) is 23.0.